The van der Waals surface area contributed by atoms with Crippen molar-refractivity contribution in [2.45, 2.75) is 32.2 Å². The summed E-state index contributed by atoms with van der Waals surface area (Å²) in [5.74, 6) is -0.249. The molecular weight excluding hydrogens is 429 g/mol. The molecule has 9 nitrogen and oxygen atoms in total. The molecule has 0 unspecified atom stereocenters. The molecule has 1 saturated carbocycles. The van der Waals surface area contributed by atoms with Crippen LogP contribution in [0.2, 0.25) is 0 Å². The third kappa shape index (κ3) is 5.05. The van der Waals surface area contributed by atoms with Crippen LogP contribution in [0, 0.1) is 17.7 Å². The molecule has 0 bridgehead atoms. The first-order valence-corrected chi connectivity index (χ1v) is 11.1. The smallest absolute Gasteiger partial charge is 0.328 e. The Kier molecular flexibility index (Phi) is 7.02. The standard InChI is InChI=1S/C23H28FN5O4/c1-28-19-11-18(24)21(33-10-9-32-2)12-20(19)29(23(28)31)14-15-3-5-16(6-4-15)22(30)27-17-7-8-25-26-13-17/h7-8,11-13,15-16H,3-6,9-10,14H2,1-2H3,(H,25,27,30). The molecule has 3 aromatic rings. The van der Waals surface area contributed by atoms with Gasteiger partial charge in [0.25, 0.3) is 0 Å². The van der Waals surface area contributed by atoms with Gasteiger partial charge in [0.15, 0.2) is 11.6 Å². The molecule has 2 heterocycles. The van der Waals surface area contributed by atoms with Crippen LogP contribution in [0.25, 0.3) is 11.0 Å². The molecule has 2 aromatic heterocycles. The Morgan fingerprint density at radius 1 is 1.18 bits per heavy atom. The van der Waals surface area contributed by atoms with E-state index in [0.29, 0.717) is 29.9 Å². The van der Waals surface area contributed by atoms with Crippen LogP contribution in [-0.4, -0.2) is 45.6 Å². The molecule has 0 aliphatic heterocycles. The second kappa shape index (κ2) is 10.1. The van der Waals surface area contributed by atoms with E-state index in [4.69, 9.17) is 9.47 Å². The number of hydrogen-bond acceptors (Lipinski definition) is 6. The number of carbonyl (C=O) groups excluding carboxylic acids is 1. The fourth-order valence-electron chi connectivity index (χ4n) is 4.40. The number of ether oxygens (including phenoxy) is 2. The van der Waals surface area contributed by atoms with Gasteiger partial charge in [-0.1, -0.05) is 0 Å². The lowest BCUT2D eigenvalue weighted by Gasteiger charge is -2.28. The van der Waals surface area contributed by atoms with Gasteiger partial charge in [-0.05, 0) is 37.7 Å². The first-order valence-electron chi connectivity index (χ1n) is 11.1. The number of aryl methyl sites for hydroxylation is 1. The van der Waals surface area contributed by atoms with Gasteiger partial charge in [-0.15, -0.1) is 0 Å². The van der Waals surface area contributed by atoms with Gasteiger partial charge in [-0.2, -0.15) is 10.2 Å². The van der Waals surface area contributed by atoms with Gasteiger partial charge in [-0.3, -0.25) is 13.9 Å². The van der Waals surface area contributed by atoms with E-state index < -0.39 is 5.82 Å². The molecular formula is C23H28FN5O4. The third-order valence-electron chi connectivity index (χ3n) is 6.25. The number of fused-ring (bicyclic) bond motifs is 1. The van der Waals surface area contributed by atoms with E-state index in [1.54, 1.807) is 30.9 Å². The van der Waals surface area contributed by atoms with Crippen molar-refractivity contribution in [3.63, 3.8) is 0 Å². The number of imidazole rings is 1. The van der Waals surface area contributed by atoms with Gasteiger partial charge < -0.3 is 14.8 Å². The monoisotopic (exact) mass is 457 g/mol. The molecule has 0 saturated heterocycles. The first kappa shape index (κ1) is 22.9. The molecule has 10 heteroatoms. The minimum Gasteiger partial charge on any atom is -0.488 e. The number of hydrogen-bond donors (Lipinski definition) is 1. The summed E-state index contributed by atoms with van der Waals surface area (Å²) in [6.45, 7) is 1.08. The average Bonchev–Trinajstić information content (AvgIpc) is 3.04. The summed E-state index contributed by atoms with van der Waals surface area (Å²) in [6, 6.07) is 4.63. The summed E-state index contributed by atoms with van der Waals surface area (Å²) >= 11 is 0. The van der Waals surface area contributed by atoms with Crippen molar-refractivity contribution < 1.29 is 18.7 Å². The van der Waals surface area contributed by atoms with Crippen LogP contribution >= 0.6 is 0 Å². The highest BCUT2D eigenvalue weighted by molar-refractivity contribution is 5.92. The number of aromatic nitrogens is 4. The van der Waals surface area contributed by atoms with E-state index in [-0.39, 0.29) is 35.8 Å². The van der Waals surface area contributed by atoms with Crippen molar-refractivity contribution in [2.75, 3.05) is 25.6 Å². The maximum Gasteiger partial charge on any atom is 0.328 e. The Balaban J connectivity index is 1.44. The maximum atomic E-state index is 14.5. The number of nitrogens with one attached hydrogen (secondary N) is 1. The van der Waals surface area contributed by atoms with Crippen LogP contribution in [0.4, 0.5) is 10.1 Å². The second-order valence-electron chi connectivity index (χ2n) is 8.40. The van der Waals surface area contributed by atoms with Crippen LogP contribution in [0.15, 0.2) is 35.4 Å². The molecule has 1 aromatic carbocycles. The van der Waals surface area contributed by atoms with Gasteiger partial charge in [0.05, 0.1) is 35.7 Å². The van der Waals surface area contributed by atoms with Crippen molar-refractivity contribution in [3.8, 4) is 5.75 Å². The summed E-state index contributed by atoms with van der Waals surface area (Å²) in [6.07, 6.45) is 6.20. The normalized spacial score (nSPS) is 18.4. The molecule has 0 radical (unpaired) electrons. The minimum atomic E-state index is -0.512. The minimum absolute atomic E-state index is 0.0166. The van der Waals surface area contributed by atoms with Gasteiger partial charge in [0, 0.05) is 38.8 Å². The maximum absolute atomic E-state index is 14.5. The largest absolute Gasteiger partial charge is 0.488 e. The predicted molar refractivity (Wildman–Crippen MR) is 121 cm³/mol. The van der Waals surface area contributed by atoms with E-state index in [1.165, 1.54) is 23.0 Å². The molecule has 1 fully saturated rings. The molecule has 1 N–H and O–H groups in total. The number of methoxy groups -OCH3 is 1. The average molecular weight is 458 g/mol. The Morgan fingerprint density at radius 2 is 1.97 bits per heavy atom. The molecule has 1 amide bonds. The van der Waals surface area contributed by atoms with Gasteiger partial charge >= 0.3 is 5.69 Å². The lowest BCUT2D eigenvalue weighted by molar-refractivity contribution is -0.121. The molecule has 0 spiro atoms. The van der Waals surface area contributed by atoms with E-state index in [1.807, 2.05) is 0 Å². The Labute approximate surface area is 190 Å². The number of halogens is 1. The molecule has 176 valence electrons. The number of carbonyl (C=O) groups is 1. The van der Waals surface area contributed by atoms with E-state index in [9.17, 15) is 14.0 Å². The zero-order chi connectivity index (χ0) is 23.4. The van der Waals surface area contributed by atoms with Crippen molar-refractivity contribution in [2.24, 2.45) is 18.9 Å². The Bertz CT molecular complexity index is 1170. The molecule has 33 heavy (non-hydrogen) atoms. The molecule has 4 rings (SSSR count). The summed E-state index contributed by atoms with van der Waals surface area (Å²) in [4.78, 5) is 25.5. The topological polar surface area (TPSA) is 100 Å². The molecule has 1 aliphatic rings. The Hall–Kier alpha value is -3.27. The predicted octanol–water partition coefficient (Wildman–Crippen LogP) is 2.74. The molecule has 1 aliphatic carbocycles. The van der Waals surface area contributed by atoms with Gasteiger partial charge in [0.1, 0.15) is 6.61 Å². The van der Waals surface area contributed by atoms with Gasteiger partial charge in [-0.25, -0.2) is 9.18 Å². The van der Waals surface area contributed by atoms with Crippen molar-refractivity contribution in [1.82, 2.24) is 19.3 Å². The third-order valence-corrected chi connectivity index (χ3v) is 6.25. The number of amides is 1. The van der Waals surface area contributed by atoms with Crippen LogP contribution in [-0.2, 0) is 23.1 Å². The Morgan fingerprint density at radius 3 is 2.67 bits per heavy atom. The first-order chi connectivity index (χ1) is 16.0. The fourth-order valence-corrected chi connectivity index (χ4v) is 4.40. The van der Waals surface area contributed by atoms with Crippen LogP contribution in [0.5, 0.6) is 5.75 Å². The lowest BCUT2D eigenvalue weighted by atomic mass is 9.81. The second-order valence-corrected chi connectivity index (χ2v) is 8.40. The van der Waals surface area contributed by atoms with E-state index >= 15 is 0 Å². The van der Waals surface area contributed by atoms with Crippen LogP contribution < -0.4 is 15.7 Å². The fraction of sp³-hybridized carbons (Fsp3) is 0.478. The van der Waals surface area contributed by atoms with Crippen LogP contribution in [0.1, 0.15) is 25.7 Å². The van der Waals surface area contributed by atoms with Gasteiger partial charge in [0.2, 0.25) is 5.91 Å². The summed E-state index contributed by atoms with van der Waals surface area (Å²) in [7, 11) is 3.19. The van der Waals surface area contributed by atoms with Crippen molar-refractivity contribution >= 4 is 22.6 Å². The van der Waals surface area contributed by atoms with E-state index in [2.05, 4.69) is 15.5 Å². The highest BCUT2D eigenvalue weighted by Gasteiger charge is 2.28. The lowest BCUT2D eigenvalue weighted by Crippen LogP contribution is -2.30. The number of nitrogens with zero attached hydrogens (tertiary/aromatic N) is 4. The highest BCUT2D eigenvalue weighted by Crippen LogP contribution is 2.32. The quantitative estimate of drug-likeness (QED) is 0.522. The van der Waals surface area contributed by atoms with Crippen molar-refractivity contribution in [1.29, 1.82) is 0 Å². The molecule has 0 atom stereocenters. The summed E-state index contributed by atoms with van der Waals surface area (Å²) < 4.78 is 28.1. The summed E-state index contributed by atoms with van der Waals surface area (Å²) in [5.41, 5.74) is 1.61. The highest BCUT2D eigenvalue weighted by atomic mass is 19.1. The van der Waals surface area contributed by atoms with E-state index in [0.717, 1.165) is 25.7 Å². The van der Waals surface area contributed by atoms with Crippen molar-refractivity contribution in [3.05, 3.63) is 46.9 Å². The zero-order valence-electron chi connectivity index (χ0n) is 18.8. The summed E-state index contributed by atoms with van der Waals surface area (Å²) in [5, 5.41) is 10.4. The number of rotatable bonds is 8. The van der Waals surface area contributed by atoms with Crippen LogP contribution in [0.3, 0.4) is 0 Å². The SMILES string of the molecule is COCCOc1cc2c(cc1F)n(C)c(=O)n2CC1CCC(C(=O)Nc2ccnnc2)CC1. The zero-order valence-corrected chi connectivity index (χ0v) is 18.8. The number of anilines is 1. The number of benzene rings is 1.